The van der Waals surface area contributed by atoms with Crippen molar-refractivity contribution in [1.82, 2.24) is 4.90 Å². The molecule has 0 bridgehead atoms. The van der Waals surface area contributed by atoms with E-state index < -0.39 is 0 Å². The fourth-order valence-corrected chi connectivity index (χ4v) is 4.55. The van der Waals surface area contributed by atoms with Crippen LogP contribution in [0, 0.1) is 5.92 Å². The van der Waals surface area contributed by atoms with E-state index in [9.17, 15) is 9.59 Å². The van der Waals surface area contributed by atoms with Crippen LogP contribution in [-0.4, -0.2) is 50.0 Å². The number of carbonyl (C=O) groups excluding carboxylic acids is 2. The van der Waals surface area contributed by atoms with Gasteiger partial charge in [0.1, 0.15) is 5.75 Å². The van der Waals surface area contributed by atoms with Crippen LogP contribution in [-0.2, 0) is 0 Å². The summed E-state index contributed by atoms with van der Waals surface area (Å²) in [7, 11) is 1.58. The third kappa shape index (κ3) is 5.06. The average molecular weight is 436 g/mol. The predicted octanol–water partition coefficient (Wildman–Crippen LogP) is 4.81. The molecule has 0 saturated carbocycles. The van der Waals surface area contributed by atoms with Crippen LogP contribution in [0.3, 0.4) is 0 Å². The van der Waals surface area contributed by atoms with E-state index in [4.69, 9.17) is 4.74 Å². The number of piperidine rings is 2. The lowest BCUT2D eigenvalue weighted by Gasteiger charge is -2.35. The Balaban J connectivity index is 1.60. The van der Waals surface area contributed by atoms with Gasteiger partial charge in [0, 0.05) is 43.1 Å². The van der Waals surface area contributed by atoms with Crippen molar-refractivity contribution >= 4 is 23.2 Å². The number of nitrogens with zero attached hydrogens (tertiary/aromatic N) is 2. The molecule has 6 heteroatoms. The molecule has 0 unspecified atom stereocenters. The van der Waals surface area contributed by atoms with Crippen LogP contribution in [0.1, 0.15) is 59.7 Å². The number of nitrogens with one attached hydrogen (secondary N) is 1. The van der Waals surface area contributed by atoms with E-state index in [0.29, 0.717) is 28.5 Å². The number of ether oxygens (including phenoxy) is 1. The monoisotopic (exact) mass is 435 g/mol. The highest BCUT2D eigenvalue weighted by Crippen LogP contribution is 2.30. The van der Waals surface area contributed by atoms with Gasteiger partial charge in [0.05, 0.1) is 12.7 Å². The van der Waals surface area contributed by atoms with Gasteiger partial charge in [0.15, 0.2) is 0 Å². The van der Waals surface area contributed by atoms with Gasteiger partial charge in [-0.25, -0.2) is 0 Å². The maximum absolute atomic E-state index is 13.5. The predicted molar refractivity (Wildman–Crippen MR) is 128 cm³/mol. The maximum Gasteiger partial charge on any atom is 0.256 e. The largest absolute Gasteiger partial charge is 0.497 e. The first-order chi connectivity index (χ1) is 15.5. The van der Waals surface area contributed by atoms with Gasteiger partial charge in [-0.2, -0.15) is 0 Å². The molecule has 2 aliphatic heterocycles. The molecule has 0 radical (unpaired) electrons. The first-order valence-corrected chi connectivity index (χ1v) is 11.7. The summed E-state index contributed by atoms with van der Waals surface area (Å²) in [6.45, 7) is 5.80. The highest BCUT2D eigenvalue weighted by Gasteiger charge is 2.25. The first kappa shape index (κ1) is 22.2. The van der Waals surface area contributed by atoms with Crippen LogP contribution in [0.2, 0.25) is 0 Å². The topological polar surface area (TPSA) is 61.9 Å². The number of benzene rings is 2. The van der Waals surface area contributed by atoms with Gasteiger partial charge in [-0.3, -0.25) is 9.59 Å². The molecule has 0 aromatic heterocycles. The molecule has 2 aliphatic rings. The fraction of sp³-hybridized carbons (Fsp3) is 0.462. The second-order valence-corrected chi connectivity index (χ2v) is 8.94. The third-order valence-corrected chi connectivity index (χ3v) is 6.58. The van der Waals surface area contributed by atoms with Crippen molar-refractivity contribution in [2.45, 2.75) is 39.0 Å². The van der Waals surface area contributed by atoms with Crippen LogP contribution in [0.15, 0.2) is 42.5 Å². The van der Waals surface area contributed by atoms with Crippen LogP contribution in [0.25, 0.3) is 0 Å². The van der Waals surface area contributed by atoms with Crippen molar-refractivity contribution in [1.29, 1.82) is 0 Å². The molecule has 0 spiro atoms. The Hall–Kier alpha value is -3.02. The second-order valence-electron chi connectivity index (χ2n) is 8.94. The van der Waals surface area contributed by atoms with E-state index in [1.54, 1.807) is 31.4 Å². The summed E-state index contributed by atoms with van der Waals surface area (Å²) in [5.41, 5.74) is 2.81. The minimum atomic E-state index is -0.222. The lowest BCUT2D eigenvalue weighted by Crippen LogP contribution is -2.38. The molecule has 2 heterocycles. The van der Waals surface area contributed by atoms with Gasteiger partial charge < -0.3 is 19.9 Å². The van der Waals surface area contributed by atoms with Crippen molar-refractivity contribution in [3.8, 4) is 5.75 Å². The summed E-state index contributed by atoms with van der Waals surface area (Å²) in [5.74, 6) is 1.19. The van der Waals surface area contributed by atoms with E-state index in [-0.39, 0.29) is 11.8 Å². The number of likely N-dealkylation sites (tertiary alicyclic amines) is 1. The number of amides is 2. The molecule has 2 amide bonds. The first-order valence-electron chi connectivity index (χ1n) is 11.7. The molecule has 2 saturated heterocycles. The molecule has 2 aromatic rings. The van der Waals surface area contributed by atoms with Crippen molar-refractivity contribution in [2.24, 2.45) is 5.92 Å². The normalized spacial score (nSPS) is 17.2. The Morgan fingerprint density at radius 1 is 0.969 bits per heavy atom. The number of anilines is 2. The average Bonchev–Trinajstić information content (AvgIpc) is 2.84. The Morgan fingerprint density at radius 2 is 1.72 bits per heavy atom. The molecule has 2 fully saturated rings. The smallest absolute Gasteiger partial charge is 0.256 e. The van der Waals surface area contributed by atoms with Gasteiger partial charge in [-0.15, -0.1) is 0 Å². The zero-order chi connectivity index (χ0) is 22.5. The van der Waals surface area contributed by atoms with Crippen molar-refractivity contribution in [2.75, 3.05) is 43.5 Å². The minimum Gasteiger partial charge on any atom is -0.497 e. The molecule has 32 heavy (non-hydrogen) atoms. The summed E-state index contributed by atoms with van der Waals surface area (Å²) < 4.78 is 5.23. The number of hydrogen-bond acceptors (Lipinski definition) is 4. The van der Waals surface area contributed by atoms with Crippen molar-refractivity contribution in [3.63, 3.8) is 0 Å². The Labute approximate surface area is 190 Å². The molecule has 2 aromatic carbocycles. The summed E-state index contributed by atoms with van der Waals surface area (Å²) >= 11 is 0. The highest BCUT2D eigenvalue weighted by molar-refractivity contribution is 6.06. The SMILES string of the molecule is COc1cccc(C(=O)Nc2ccc(N3CCC(C)CC3)c(C(=O)N3CCCCC3)c2)c1. The summed E-state index contributed by atoms with van der Waals surface area (Å²) in [4.78, 5) is 30.6. The molecule has 170 valence electrons. The number of rotatable bonds is 5. The summed E-state index contributed by atoms with van der Waals surface area (Å²) in [6.07, 6.45) is 5.54. The Morgan fingerprint density at radius 3 is 2.44 bits per heavy atom. The Kier molecular flexibility index (Phi) is 6.98. The molecule has 0 aliphatic carbocycles. The number of carbonyl (C=O) groups is 2. The highest BCUT2D eigenvalue weighted by atomic mass is 16.5. The standard InChI is InChI=1S/C26H33N3O3/c1-19-11-15-28(16-12-19)24-10-9-21(18-23(24)26(31)29-13-4-3-5-14-29)27-25(30)20-7-6-8-22(17-20)32-2/h6-10,17-19H,3-5,11-16H2,1-2H3,(H,27,30). The van der Waals surface area contributed by atoms with Crippen LogP contribution in [0.4, 0.5) is 11.4 Å². The minimum absolute atomic E-state index is 0.0656. The molecular weight excluding hydrogens is 402 g/mol. The molecule has 6 nitrogen and oxygen atoms in total. The van der Waals surface area contributed by atoms with Crippen molar-refractivity contribution in [3.05, 3.63) is 53.6 Å². The van der Waals surface area contributed by atoms with E-state index in [2.05, 4.69) is 17.1 Å². The quantitative estimate of drug-likeness (QED) is 0.732. The van der Waals surface area contributed by atoms with Crippen LogP contribution >= 0.6 is 0 Å². The van der Waals surface area contributed by atoms with Crippen LogP contribution in [0.5, 0.6) is 5.75 Å². The van der Waals surface area contributed by atoms with E-state index in [1.807, 2.05) is 23.1 Å². The molecule has 1 N–H and O–H groups in total. The lowest BCUT2D eigenvalue weighted by atomic mass is 9.97. The maximum atomic E-state index is 13.5. The zero-order valence-electron chi connectivity index (χ0n) is 19.1. The van der Waals surface area contributed by atoms with E-state index >= 15 is 0 Å². The van der Waals surface area contributed by atoms with Gasteiger partial charge >= 0.3 is 0 Å². The third-order valence-electron chi connectivity index (χ3n) is 6.58. The van der Waals surface area contributed by atoms with Gasteiger partial charge in [0.25, 0.3) is 11.8 Å². The lowest BCUT2D eigenvalue weighted by molar-refractivity contribution is 0.0724. The van der Waals surface area contributed by atoms with E-state index in [0.717, 1.165) is 57.5 Å². The van der Waals surface area contributed by atoms with E-state index in [1.165, 1.54) is 6.42 Å². The van der Waals surface area contributed by atoms with Gasteiger partial charge in [0.2, 0.25) is 0 Å². The van der Waals surface area contributed by atoms with Crippen LogP contribution < -0.4 is 15.0 Å². The summed E-state index contributed by atoms with van der Waals surface area (Å²) in [5, 5.41) is 2.96. The van der Waals surface area contributed by atoms with Gasteiger partial charge in [-0.05, 0) is 74.4 Å². The number of methoxy groups -OCH3 is 1. The Bertz CT molecular complexity index is 961. The summed E-state index contributed by atoms with van der Waals surface area (Å²) in [6, 6.07) is 12.8. The second kappa shape index (κ2) is 10.1. The van der Waals surface area contributed by atoms with Crippen molar-refractivity contribution < 1.29 is 14.3 Å². The van der Waals surface area contributed by atoms with Gasteiger partial charge in [-0.1, -0.05) is 13.0 Å². The fourth-order valence-electron chi connectivity index (χ4n) is 4.55. The molecular formula is C26H33N3O3. The molecule has 0 atom stereocenters. The zero-order valence-corrected chi connectivity index (χ0v) is 19.1. The number of hydrogen-bond donors (Lipinski definition) is 1. The molecule has 4 rings (SSSR count).